The summed E-state index contributed by atoms with van der Waals surface area (Å²) in [5, 5.41) is 1.62. The summed E-state index contributed by atoms with van der Waals surface area (Å²) in [6.45, 7) is 2.61. The van der Waals surface area contributed by atoms with Gasteiger partial charge >= 0.3 is 0 Å². The number of hydrogen-bond donors (Lipinski definition) is 1. The lowest BCUT2D eigenvalue weighted by molar-refractivity contribution is 0.0737. The Morgan fingerprint density at radius 2 is 1.92 bits per heavy atom. The smallest absolute Gasteiger partial charge is 0.271 e. The summed E-state index contributed by atoms with van der Waals surface area (Å²) in [6, 6.07) is 15.6. The fraction of sp³-hybridized carbons (Fsp3) is 0.250. The van der Waals surface area contributed by atoms with Gasteiger partial charge in [-0.1, -0.05) is 41.9 Å². The highest BCUT2D eigenvalue weighted by Gasteiger charge is 2.24. The number of fused-ring (bicyclic) bond motifs is 1. The summed E-state index contributed by atoms with van der Waals surface area (Å²) in [4.78, 5) is 18.4. The fourth-order valence-electron chi connectivity index (χ4n) is 3.34. The van der Waals surface area contributed by atoms with Gasteiger partial charge in [-0.25, -0.2) is 0 Å². The van der Waals surface area contributed by atoms with Crippen LogP contribution in [0, 0.1) is 0 Å². The predicted molar refractivity (Wildman–Crippen MR) is 100 cm³/mol. The minimum atomic E-state index is 0.0108. The molecule has 0 radical (unpaired) electrons. The van der Waals surface area contributed by atoms with Crippen molar-refractivity contribution in [3.8, 4) is 11.1 Å². The van der Waals surface area contributed by atoms with E-state index in [1.807, 2.05) is 53.4 Å². The van der Waals surface area contributed by atoms with Gasteiger partial charge in [-0.05, 0) is 30.2 Å². The van der Waals surface area contributed by atoms with E-state index < -0.39 is 0 Å². The summed E-state index contributed by atoms with van der Waals surface area (Å²) in [6.07, 6.45) is 0.860. The molecule has 1 amide bonds. The van der Waals surface area contributed by atoms with Gasteiger partial charge in [-0.15, -0.1) is 0 Å². The van der Waals surface area contributed by atoms with E-state index in [2.05, 4.69) is 4.98 Å². The Morgan fingerprint density at radius 1 is 1.08 bits per heavy atom. The SMILES string of the molecule is O=C(c1[nH]c2ccc(Cl)cc2c1-c1ccccc1)N1CCCOCC1. The van der Waals surface area contributed by atoms with Crippen molar-refractivity contribution in [3.63, 3.8) is 0 Å². The van der Waals surface area contributed by atoms with Gasteiger partial charge in [0.1, 0.15) is 5.69 Å². The number of carbonyl (C=O) groups is 1. The Kier molecular flexibility index (Phi) is 4.47. The maximum Gasteiger partial charge on any atom is 0.271 e. The van der Waals surface area contributed by atoms with Crippen LogP contribution in [-0.2, 0) is 4.74 Å². The molecule has 3 aromatic rings. The second-order valence-corrected chi connectivity index (χ2v) is 6.63. The Labute approximate surface area is 151 Å². The number of ether oxygens (including phenoxy) is 1. The average molecular weight is 355 g/mol. The highest BCUT2D eigenvalue weighted by Crippen LogP contribution is 2.34. The molecule has 1 aliphatic heterocycles. The zero-order chi connectivity index (χ0) is 17.2. The molecular weight excluding hydrogens is 336 g/mol. The lowest BCUT2D eigenvalue weighted by Gasteiger charge is -2.19. The number of amides is 1. The highest BCUT2D eigenvalue weighted by atomic mass is 35.5. The van der Waals surface area contributed by atoms with E-state index in [1.54, 1.807) is 0 Å². The van der Waals surface area contributed by atoms with Crippen molar-refractivity contribution >= 4 is 28.4 Å². The Morgan fingerprint density at radius 3 is 2.76 bits per heavy atom. The Hall–Kier alpha value is -2.30. The minimum Gasteiger partial charge on any atom is -0.380 e. The zero-order valence-electron chi connectivity index (χ0n) is 13.8. The summed E-state index contributed by atoms with van der Waals surface area (Å²) in [7, 11) is 0. The van der Waals surface area contributed by atoms with E-state index in [0.29, 0.717) is 37.0 Å². The maximum atomic E-state index is 13.2. The number of aromatic nitrogens is 1. The van der Waals surface area contributed by atoms with Gasteiger partial charge in [-0.2, -0.15) is 0 Å². The van der Waals surface area contributed by atoms with Crippen LogP contribution in [0.3, 0.4) is 0 Å². The summed E-state index contributed by atoms with van der Waals surface area (Å²) in [5.41, 5.74) is 3.45. The van der Waals surface area contributed by atoms with Gasteiger partial charge in [-0.3, -0.25) is 4.79 Å². The van der Waals surface area contributed by atoms with Crippen LogP contribution in [0.5, 0.6) is 0 Å². The van der Waals surface area contributed by atoms with Gasteiger partial charge in [0, 0.05) is 41.2 Å². The molecule has 1 saturated heterocycles. The van der Waals surface area contributed by atoms with Crippen LogP contribution in [0.4, 0.5) is 0 Å². The molecule has 25 heavy (non-hydrogen) atoms. The van der Waals surface area contributed by atoms with Crippen molar-refractivity contribution in [3.05, 3.63) is 59.2 Å². The molecule has 128 valence electrons. The Balaban J connectivity index is 1.86. The summed E-state index contributed by atoms with van der Waals surface area (Å²) in [5.74, 6) is 0.0108. The molecule has 4 rings (SSSR count). The van der Waals surface area contributed by atoms with Crippen LogP contribution in [0.25, 0.3) is 22.0 Å². The highest BCUT2D eigenvalue weighted by molar-refractivity contribution is 6.31. The number of rotatable bonds is 2. The fourth-order valence-corrected chi connectivity index (χ4v) is 3.51. The lowest BCUT2D eigenvalue weighted by atomic mass is 10.0. The number of H-pyrrole nitrogens is 1. The van der Waals surface area contributed by atoms with E-state index in [-0.39, 0.29) is 5.91 Å². The van der Waals surface area contributed by atoms with Crippen molar-refractivity contribution in [2.75, 3.05) is 26.3 Å². The second-order valence-electron chi connectivity index (χ2n) is 6.19. The number of benzene rings is 2. The molecule has 1 aliphatic rings. The molecule has 0 bridgehead atoms. The molecule has 0 aliphatic carbocycles. The molecule has 0 unspecified atom stereocenters. The third kappa shape index (κ3) is 3.15. The molecule has 1 aromatic heterocycles. The molecule has 0 atom stereocenters. The van der Waals surface area contributed by atoms with E-state index in [9.17, 15) is 4.79 Å². The monoisotopic (exact) mass is 354 g/mol. The van der Waals surface area contributed by atoms with Crippen molar-refractivity contribution < 1.29 is 9.53 Å². The molecular formula is C20H19ClN2O2. The van der Waals surface area contributed by atoms with Crippen molar-refractivity contribution in [1.29, 1.82) is 0 Å². The number of nitrogens with one attached hydrogen (secondary N) is 1. The van der Waals surface area contributed by atoms with Gasteiger partial charge in [0.05, 0.1) is 6.61 Å². The molecule has 5 heteroatoms. The topological polar surface area (TPSA) is 45.3 Å². The number of nitrogens with zero attached hydrogens (tertiary/aromatic N) is 1. The second kappa shape index (κ2) is 6.90. The Bertz CT molecular complexity index is 897. The average Bonchev–Trinajstić information content (AvgIpc) is 2.81. The zero-order valence-corrected chi connectivity index (χ0v) is 14.6. The lowest BCUT2D eigenvalue weighted by Crippen LogP contribution is -2.33. The summed E-state index contributed by atoms with van der Waals surface area (Å²) < 4.78 is 5.48. The first kappa shape index (κ1) is 16.2. The molecule has 2 aromatic carbocycles. The number of aromatic amines is 1. The van der Waals surface area contributed by atoms with E-state index in [0.717, 1.165) is 28.5 Å². The van der Waals surface area contributed by atoms with Crippen LogP contribution in [0.2, 0.25) is 5.02 Å². The van der Waals surface area contributed by atoms with Crippen LogP contribution in [-0.4, -0.2) is 42.1 Å². The first-order chi connectivity index (χ1) is 12.2. The van der Waals surface area contributed by atoms with Gasteiger partial charge in [0.25, 0.3) is 5.91 Å². The van der Waals surface area contributed by atoms with Crippen molar-refractivity contribution in [2.24, 2.45) is 0 Å². The predicted octanol–water partition coefficient (Wildman–Crippen LogP) is 4.35. The largest absolute Gasteiger partial charge is 0.380 e. The van der Waals surface area contributed by atoms with E-state index >= 15 is 0 Å². The van der Waals surface area contributed by atoms with Crippen LogP contribution in [0.15, 0.2) is 48.5 Å². The minimum absolute atomic E-state index is 0.0108. The number of halogens is 1. The molecule has 2 heterocycles. The maximum absolute atomic E-state index is 13.2. The van der Waals surface area contributed by atoms with Gasteiger partial charge in [0.15, 0.2) is 0 Å². The van der Waals surface area contributed by atoms with Crippen molar-refractivity contribution in [1.82, 2.24) is 9.88 Å². The van der Waals surface area contributed by atoms with Crippen LogP contribution in [0.1, 0.15) is 16.9 Å². The quantitative estimate of drug-likeness (QED) is 0.743. The summed E-state index contributed by atoms with van der Waals surface area (Å²) >= 11 is 6.21. The van der Waals surface area contributed by atoms with Crippen molar-refractivity contribution in [2.45, 2.75) is 6.42 Å². The van der Waals surface area contributed by atoms with E-state index in [4.69, 9.17) is 16.3 Å². The van der Waals surface area contributed by atoms with Gasteiger partial charge in [0.2, 0.25) is 0 Å². The molecule has 1 N–H and O–H groups in total. The molecule has 4 nitrogen and oxygen atoms in total. The normalized spacial score (nSPS) is 15.3. The van der Waals surface area contributed by atoms with E-state index in [1.165, 1.54) is 0 Å². The van der Waals surface area contributed by atoms with Crippen LogP contribution >= 0.6 is 11.6 Å². The standard InChI is InChI=1S/C20H19ClN2O2/c21-15-7-8-17-16(13-15)18(14-5-2-1-3-6-14)19(22-17)20(24)23-9-4-11-25-12-10-23/h1-3,5-8,13,22H,4,9-12H2. The molecule has 0 saturated carbocycles. The number of hydrogen-bond acceptors (Lipinski definition) is 2. The number of carbonyl (C=O) groups excluding carboxylic acids is 1. The third-order valence-electron chi connectivity index (χ3n) is 4.55. The van der Waals surface area contributed by atoms with Crippen LogP contribution < -0.4 is 0 Å². The first-order valence-corrected chi connectivity index (χ1v) is 8.85. The van der Waals surface area contributed by atoms with Gasteiger partial charge < -0.3 is 14.6 Å². The molecule has 1 fully saturated rings. The third-order valence-corrected chi connectivity index (χ3v) is 4.78. The first-order valence-electron chi connectivity index (χ1n) is 8.48. The molecule has 0 spiro atoms.